The van der Waals surface area contributed by atoms with Crippen LogP contribution >= 0.6 is 22.3 Å². The molecule has 0 unspecified atom stereocenters. The largest absolute Gasteiger partial charge is 0.505 e. The van der Waals surface area contributed by atoms with Crippen LogP contribution in [0.2, 0.25) is 5.02 Å². The van der Waals surface area contributed by atoms with Crippen LogP contribution in [0.1, 0.15) is 0 Å². The number of aromatic hydroxyl groups is 1. The average molecular weight is 228 g/mol. The summed E-state index contributed by atoms with van der Waals surface area (Å²) in [6.07, 6.45) is 0.914. The molecule has 0 aliphatic heterocycles. The van der Waals surface area contributed by atoms with Gasteiger partial charge in [0.25, 0.3) is 9.05 Å². The number of rotatable bonds is 1. The van der Waals surface area contributed by atoms with Gasteiger partial charge in [-0.1, -0.05) is 11.6 Å². The Labute approximate surface area is 78.2 Å². The molecule has 0 saturated carbocycles. The molecule has 0 bridgehead atoms. The highest BCUT2D eigenvalue weighted by molar-refractivity contribution is 8.13. The molecule has 0 radical (unpaired) electrons. The van der Waals surface area contributed by atoms with E-state index in [-0.39, 0.29) is 15.8 Å². The Kier molecular flexibility index (Phi) is 2.46. The van der Waals surface area contributed by atoms with E-state index in [0.717, 1.165) is 12.3 Å². The molecule has 0 aliphatic carbocycles. The minimum absolute atomic E-state index is 0.107. The molecule has 1 heterocycles. The summed E-state index contributed by atoms with van der Waals surface area (Å²) >= 11 is 5.41. The number of hydrogen-bond acceptors (Lipinski definition) is 4. The van der Waals surface area contributed by atoms with Crippen LogP contribution in [0.3, 0.4) is 0 Å². The van der Waals surface area contributed by atoms with Crippen molar-refractivity contribution < 1.29 is 13.5 Å². The molecule has 7 heteroatoms. The molecule has 0 fully saturated rings. The van der Waals surface area contributed by atoms with Gasteiger partial charge in [0.1, 0.15) is 0 Å². The van der Waals surface area contributed by atoms with Crippen LogP contribution in [0.15, 0.2) is 17.3 Å². The van der Waals surface area contributed by atoms with E-state index in [4.69, 9.17) is 27.4 Å². The summed E-state index contributed by atoms with van der Waals surface area (Å²) in [6, 6.07) is 0.971. The van der Waals surface area contributed by atoms with Crippen molar-refractivity contribution in [3.8, 4) is 5.75 Å². The third kappa shape index (κ3) is 2.00. The number of nitrogens with zero attached hydrogens (tertiary/aromatic N) is 1. The normalized spacial score (nSPS) is 11.5. The number of halogens is 2. The van der Waals surface area contributed by atoms with E-state index in [1.54, 1.807) is 0 Å². The van der Waals surface area contributed by atoms with Crippen molar-refractivity contribution in [3.63, 3.8) is 0 Å². The first-order valence-electron chi connectivity index (χ1n) is 2.70. The van der Waals surface area contributed by atoms with Crippen molar-refractivity contribution in [2.45, 2.75) is 5.03 Å². The van der Waals surface area contributed by atoms with Crippen LogP contribution in [0.4, 0.5) is 0 Å². The predicted molar refractivity (Wildman–Crippen MR) is 44.0 cm³/mol. The maximum absolute atomic E-state index is 10.7. The van der Waals surface area contributed by atoms with Gasteiger partial charge in [-0.25, -0.2) is 13.4 Å². The van der Waals surface area contributed by atoms with Gasteiger partial charge >= 0.3 is 0 Å². The van der Waals surface area contributed by atoms with Crippen molar-refractivity contribution in [1.29, 1.82) is 0 Å². The maximum Gasteiger partial charge on any atom is 0.278 e. The molecular weight excluding hydrogens is 225 g/mol. The molecule has 66 valence electrons. The predicted octanol–water partition coefficient (Wildman–Crippen LogP) is 1.37. The van der Waals surface area contributed by atoms with Gasteiger partial charge < -0.3 is 5.11 Å². The molecule has 0 aromatic carbocycles. The Morgan fingerprint density at radius 3 is 2.50 bits per heavy atom. The van der Waals surface area contributed by atoms with E-state index in [2.05, 4.69) is 4.98 Å². The van der Waals surface area contributed by atoms with Crippen LogP contribution in [-0.2, 0) is 9.05 Å². The van der Waals surface area contributed by atoms with E-state index in [0.29, 0.717) is 0 Å². The van der Waals surface area contributed by atoms with Gasteiger partial charge in [0, 0.05) is 10.7 Å². The number of aromatic nitrogens is 1. The quantitative estimate of drug-likeness (QED) is 0.737. The molecule has 1 aromatic heterocycles. The summed E-state index contributed by atoms with van der Waals surface area (Å²) in [5.41, 5.74) is 0. The molecule has 1 N–H and O–H groups in total. The Hall–Kier alpha value is -0.520. The van der Waals surface area contributed by atoms with Gasteiger partial charge in [-0.2, -0.15) is 0 Å². The van der Waals surface area contributed by atoms with Crippen LogP contribution in [0.5, 0.6) is 5.75 Å². The zero-order valence-electron chi connectivity index (χ0n) is 5.53. The van der Waals surface area contributed by atoms with Crippen molar-refractivity contribution in [3.05, 3.63) is 17.3 Å². The van der Waals surface area contributed by atoms with Gasteiger partial charge in [-0.15, -0.1) is 0 Å². The summed E-state index contributed by atoms with van der Waals surface area (Å²) in [4.78, 5) is 3.36. The lowest BCUT2D eigenvalue weighted by Crippen LogP contribution is -1.93. The van der Waals surface area contributed by atoms with E-state index < -0.39 is 9.05 Å². The first-order chi connectivity index (χ1) is 5.41. The second kappa shape index (κ2) is 3.08. The third-order valence-corrected chi connectivity index (χ3v) is 2.56. The van der Waals surface area contributed by atoms with Crippen molar-refractivity contribution in [2.75, 3.05) is 0 Å². The molecule has 0 atom stereocenters. The number of pyridine rings is 1. The second-order valence-corrected chi connectivity index (χ2v) is 4.83. The Morgan fingerprint density at radius 1 is 1.50 bits per heavy atom. The van der Waals surface area contributed by atoms with Crippen LogP contribution in [0.25, 0.3) is 0 Å². The maximum atomic E-state index is 10.7. The fraction of sp³-hybridized carbons (Fsp3) is 0. The molecule has 0 aliphatic rings. The van der Waals surface area contributed by atoms with E-state index in [1.165, 1.54) is 0 Å². The monoisotopic (exact) mass is 227 g/mol. The second-order valence-electron chi connectivity index (χ2n) is 1.91. The van der Waals surface area contributed by atoms with Gasteiger partial charge in [0.2, 0.25) is 0 Å². The highest BCUT2D eigenvalue weighted by Gasteiger charge is 2.13. The van der Waals surface area contributed by atoms with E-state index in [9.17, 15) is 8.42 Å². The topological polar surface area (TPSA) is 67.3 Å². The van der Waals surface area contributed by atoms with Crippen molar-refractivity contribution in [1.82, 2.24) is 4.98 Å². The standard InChI is InChI=1S/C5H3Cl2NO3S/c6-3-1-5(12(7,10)11)8-2-4(3)9/h1-2,9H. The molecule has 4 nitrogen and oxygen atoms in total. The third-order valence-electron chi connectivity index (χ3n) is 1.06. The van der Waals surface area contributed by atoms with Crippen molar-refractivity contribution >= 4 is 31.3 Å². The van der Waals surface area contributed by atoms with Gasteiger partial charge in [-0.3, -0.25) is 0 Å². The summed E-state index contributed by atoms with van der Waals surface area (Å²) < 4.78 is 21.3. The van der Waals surface area contributed by atoms with Crippen LogP contribution in [0, 0.1) is 0 Å². The molecule has 1 rings (SSSR count). The molecular formula is C5H3Cl2NO3S. The molecule has 0 amide bonds. The van der Waals surface area contributed by atoms with Crippen LogP contribution < -0.4 is 0 Å². The first-order valence-corrected chi connectivity index (χ1v) is 5.39. The molecule has 12 heavy (non-hydrogen) atoms. The smallest absolute Gasteiger partial charge is 0.278 e. The van der Waals surface area contributed by atoms with E-state index >= 15 is 0 Å². The lowest BCUT2D eigenvalue weighted by atomic mass is 10.5. The lowest BCUT2D eigenvalue weighted by molar-refractivity contribution is 0.471. The van der Waals surface area contributed by atoms with Crippen molar-refractivity contribution in [2.24, 2.45) is 0 Å². The summed E-state index contributed by atoms with van der Waals surface area (Å²) in [5.74, 6) is -0.291. The Bertz CT molecular complexity index is 403. The number of hydrogen-bond donors (Lipinski definition) is 1. The Morgan fingerprint density at radius 2 is 2.08 bits per heavy atom. The summed E-state index contributed by atoms with van der Waals surface area (Å²) in [5, 5.41) is 8.39. The summed E-state index contributed by atoms with van der Waals surface area (Å²) in [6.45, 7) is 0. The molecule has 1 aromatic rings. The average Bonchev–Trinajstić information content (AvgIpc) is 1.92. The van der Waals surface area contributed by atoms with E-state index in [1.807, 2.05) is 0 Å². The van der Waals surface area contributed by atoms with Gasteiger partial charge in [0.05, 0.1) is 11.2 Å². The van der Waals surface area contributed by atoms with Gasteiger partial charge in [-0.05, 0) is 6.07 Å². The highest BCUT2D eigenvalue weighted by atomic mass is 35.7. The van der Waals surface area contributed by atoms with Gasteiger partial charge in [0.15, 0.2) is 10.8 Å². The Balaban J connectivity index is 3.33. The van der Waals surface area contributed by atoms with Crippen LogP contribution in [-0.4, -0.2) is 18.5 Å². The summed E-state index contributed by atoms with van der Waals surface area (Å²) in [7, 11) is 1.08. The SMILES string of the molecule is O=S(=O)(Cl)c1cc(Cl)c(O)cn1. The minimum atomic E-state index is -3.88. The highest BCUT2D eigenvalue weighted by Crippen LogP contribution is 2.24. The fourth-order valence-corrected chi connectivity index (χ4v) is 1.45. The molecule has 0 saturated heterocycles. The lowest BCUT2D eigenvalue weighted by Gasteiger charge is -1.97. The molecule has 0 spiro atoms. The zero-order chi connectivity index (χ0) is 9.35. The minimum Gasteiger partial charge on any atom is -0.505 e. The fourth-order valence-electron chi connectivity index (χ4n) is 0.539. The zero-order valence-corrected chi connectivity index (χ0v) is 7.86. The first kappa shape index (κ1) is 9.57.